The van der Waals surface area contributed by atoms with E-state index >= 15 is 0 Å². The van der Waals surface area contributed by atoms with Crippen molar-refractivity contribution < 1.29 is 47.6 Å². The molecule has 2 fully saturated rings. The van der Waals surface area contributed by atoms with Crippen LogP contribution in [-0.4, -0.2) is 75.9 Å². The maximum absolute atomic E-state index is 13.1. The number of aromatic nitrogens is 4. The predicted molar refractivity (Wildman–Crippen MR) is 143 cm³/mol. The highest BCUT2D eigenvalue weighted by Gasteiger charge is 2.57. The van der Waals surface area contributed by atoms with Crippen molar-refractivity contribution in [2.24, 2.45) is 0 Å². The van der Waals surface area contributed by atoms with Gasteiger partial charge in [0.05, 0.1) is 12.9 Å². The topological polar surface area (TPSA) is 230 Å². The highest BCUT2D eigenvalue weighted by molar-refractivity contribution is 7.75. The van der Waals surface area contributed by atoms with Gasteiger partial charge in [-0.25, -0.2) is 20.0 Å². The number of benzene rings is 1. The van der Waals surface area contributed by atoms with Crippen LogP contribution in [0.5, 0.6) is 0 Å². The summed E-state index contributed by atoms with van der Waals surface area (Å²) in [6.45, 7) is 2.76. The Balaban J connectivity index is 1.33. The number of carboxylic acid groups (broad SMARTS) is 1. The van der Waals surface area contributed by atoms with Crippen LogP contribution in [0.25, 0.3) is 11.2 Å². The van der Waals surface area contributed by atoms with E-state index in [1.54, 1.807) is 24.5 Å². The van der Waals surface area contributed by atoms with Gasteiger partial charge in [0.25, 0.3) is 7.52 Å². The number of nitrogens with two attached hydrogens (primary N) is 1. The highest BCUT2D eigenvalue weighted by atomic mass is 35.5. The second-order valence-corrected chi connectivity index (χ2v) is 15.2. The van der Waals surface area contributed by atoms with Gasteiger partial charge in [-0.3, -0.25) is 18.5 Å². The minimum atomic E-state index is -5.07. The number of alkyl halides is 1. The summed E-state index contributed by atoms with van der Waals surface area (Å²) < 4.78 is 50.9. The van der Waals surface area contributed by atoms with Crippen molar-refractivity contribution in [2.45, 2.75) is 55.1 Å². The van der Waals surface area contributed by atoms with Crippen LogP contribution in [0.4, 0.5) is 5.82 Å². The Bertz CT molecular complexity index is 1540. The second kappa shape index (κ2) is 11.0. The lowest BCUT2D eigenvalue weighted by molar-refractivity contribution is -0.199. The number of ether oxygens (including phenoxy) is 3. The van der Waals surface area contributed by atoms with Crippen LogP contribution in [-0.2, 0) is 32.7 Å². The number of carbonyl (C=O) groups is 1. The normalized spacial score (nSPS) is 28.0. The summed E-state index contributed by atoms with van der Waals surface area (Å²) in [5.74, 6) is -2.40. The molecule has 1 aromatic carbocycles. The summed E-state index contributed by atoms with van der Waals surface area (Å²) in [7, 11) is -10.1. The third-order valence-electron chi connectivity index (χ3n) is 6.46. The first kappa shape index (κ1) is 30.0. The summed E-state index contributed by atoms with van der Waals surface area (Å²) in [6.07, 6.45) is -0.712. The van der Waals surface area contributed by atoms with Crippen LogP contribution < -0.4 is 10.8 Å². The largest absolute Gasteiger partial charge is 0.480 e. The molecule has 4 heterocycles. The van der Waals surface area contributed by atoms with E-state index in [1.807, 2.05) is 5.09 Å². The van der Waals surface area contributed by atoms with E-state index in [0.717, 1.165) is 0 Å². The van der Waals surface area contributed by atoms with E-state index in [4.69, 9.17) is 36.1 Å². The third-order valence-corrected chi connectivity index (χ3v) is 12.1. The van der Waals surface area contributed by atoms with Crippen LogP contribution in [0, 0.1) is 0 Å². The number of carboxylic acids is 1. The molecule has 41 heavy (non-hydrogen) atoms. The molecule has 0 aliphatic carbocycles. The van der Waals surface area contributed by atoms with Crippen LogP contribution in [0.15, 0.2) is 43.0 Å². The monoisotopic (exact) mass is 632 g/mol. The lowest BCUT2D eigenvalue weighted by atomic mass is 10.1. The number of aliphatic carboxylic acids is 1. The van der Waals surface area contributed by atoms with E-state index in [2.05, 4.69) is 15.0 Å². The Kier molecular flexibility index (Phi) is 8.02. The van der Waals surface area contributed by atoms with Gasteiger partial charge in [0, 0.05) is 0 Å². The molecule has 0 spiro atoms. The first-order chi connectivity index (χ1) is 19.2. The number of nitrogen functional groups attached to an aromatic ring is 1. The van der Waals surface area contributed by atoms with Gasteiger partial charge in [-0.2, -0.15) is 0 Å². The number of anilines is 1. The Labute approximate surface area is 237 Å². The molecule has 0 amide bonds. The molecule has 6 unspecified atom stereocenters. The van der Waals surface area contributed by atoms with Gasteiger partial charge in [0.1, 0.15) is 36.2 Å². The fourth-order valence-corrected chi connectivity index (χ4v) is 8.23. The molecule has 2 aliphatic heterocycles. The third kappa shape index (κ3) is 5.90. The molecule has 0 radical (unpaired) electrons. The number of hydrogen-bond acceptors (Lipinski definition) is 11. The quantitative estimate of drug-likeness (QED) is 0.159. The van der Waals surface area contributed by atoms with Crippen molar-refractivity contribution in [1.29, 1.82) is 0 Å². The number of nitrogens with zero attached hydrogens (tertiary/aromatic N) is 4. The fourth-order valence-electron chi connectivity index (χ4n) is 4.68. The smallest absolute Gasteiger partial charge is 0.357 e. The molecule has 2 aromatic heterocycles. The van der Waals surface area contributed by atoms with Gasteiger partial charge in [-0.05, 0) is 19.4 Å². The van der Waals surface area contributed by atoms with Crippen molar-refractivity contribution in [1.82, 2.24) is 24.6 Å². The molecule has 5 rings (SSSR count). The number of rotatable bonds is 10. The molecule has 2 saturated heterocycles. The van der Waals surface area contributed by atoms with E-state index in [9.17, 15) is 28.8 Å². The molecule has 6 N–H and O–H groups in total. The van der Waals surface area contributed by atoms with E-state index in [0.29, 0.717) is 11.2 Å². The number of halogens is 1. The van der Waals surface area contributed by atoms with E-state index < -0.39 is 68.9 Å². The SMILES string of the molecule is CC1(C)OC2C(COP(=O)(O)[C@@H](Cl)P(=O)(O)N[C@@H](C(=O)O)c3ccccc3)OC(n3cnc4c(N)ncnc43)C2O1. The van der Waals surface area contributed by atoms with Crippen molar-refractivity contribution in [3.8, 4) is 0 Å². The van der Waals surface area contributed by atoms with Gasteiger partial charge in [-0.1, -0.05) is 41.9 Å². The molecule has 8 atom stereocenters. The zero-order chi connectivity index (χ0) is 29.7. The summed E-state index contributed by atoms with van der Waals surface area (Å²) in [6, 6.07) is 5.80. The molecular weight excluding hydrogens is 606 g/mol. The molecule has 19 heteroatoms. The van der Waals surface area contributed by atoms with E-state index in [1.165, 1.54) is 36.9 Å². The van der Waals surface area contributed by atoms with Crippen molar-refractivity contribution in [3.05, 3.63) is 48.5 Å². The molecule has 0 bridgehead atoms. The number of nitrogens with one attached hydrogen (secondary N) is 1. The molecule has 3 aromatic rings. The zero-order valence-electron chi connectivity index (χ0n) is 21.6. The Morgan fingerprint density at radius 1 is 1.20 bits per heavy atom. The zero-order valence-corrected chi connectivity index (χ0v) is 24.1. The van der Waals surface area contributed by atoms with Gasteiger partial charge in [0.2, 0.25) is 4.86 Å². The Hall–Kier alpha value is -2.49. The van der Waals surface area contributed by atoms with Crippen molar-refractivity contribution in [3.63, 3.8) is 0 Å². The van der Waals surface area contributed by atoms with Crippen LogP contribution in [0.2, 0.25) is 0 Å². The standard InChI is InChI=1S/C22H27ClN6O10P2/c1-22(2)38-15-12(37-19(16(15)39-22)29-10-27-14-17(24)25-9-26-18(14)29)8-36-41(34,35)21(23)40(32,33)28-13(20(30)31)11-6-4-3-5-7-11/h3-7,9-10,12-13,15-16,19,21H,8H2,1-2H3,(H,30,31)(H,34,35)(H2,24,25,26)(H2,28,32,33)/t12?,13-,15?,16?,19?,21+/m1/s1. The highest BCUT2D eigenvalue weighted by Crippen LogP contribution is 2.65. The lowest BCUT2D eigenvalue weighted by Crippen LogP contribution is -2.33. The predicted octanol–water partition coefficient (Wildman–Crippen LogP) is 2.15. The second-order valence-electron chi connectivity index (χ2n) is 9.82. The molecule has 222 valence electrons. The van der Waals surface area contributed by atoms with Crippen molar-refractivity contribution >= 4 is 49.7 Å². The molecule has 2 aliphatic rings. The number of hydrogen-bond donors (Lipinski definition) is 5. The van der Waals surface area contributed by atoms with Crippen LogP contribution in [0.1, 0.15) is 31.7 Å². The average Bonchev–Trinajstić information content (AvgIpc) is 3.57. The van der Waals surface area contributed by atoms with Crippen molar-refractivity contribution in [2.75, 3.05) is 12.3 Å². The maximum atomic E-state index is 13.1. The molecule has 0 saturated carbocycles. The number of imidazole rings is 1. The molecular formula is C22H27ClN6O10P2. The summed E-state index contributed by atoms with van der Waals surface area (Å²) in [5.41, 5.74) is 6.70. The summed E-state index contributed by atoms with van der Waals surface area (Å²) >= 11 is 5.99. The lowest BCUT2D eigenvalue weighted by Gasteiger charge is -2.27. The first-order valence-electron chi connectivity index (χ1n) is 12.1. The Morgan fingerprint density at radius 3 is 2.56 bits per heavy atom. The van der Waals surface area contributed by atoms with Gasteiger partial charge >= 0.3 is 13.6 Å². The van der Waals surface area contributed by atoms with E-state index in [-0.39, 0.29) is 11.4 Å². The van der Waals surface area contributed by atoms with Crippen LogP contribution >= 0.6 is 26.7 Å². The average molecular weight is 633 g/mol. The fraction of sp³-hybridized carbons (Fsp3) is 0.455. The minimum absolute atomic E-state index is 0.128. The summed E-state index contributed by atoms with van der Waals surface area (Å²) in [4.78, 5) is 42.8. The van der Waals surface area contributed by atoms with Gasteiger partial charge < -0.3 is 39.4 Å². The van der Waals surface area contributed by atoms with Gasteiger partial charge in [-0.15, -0.1) is 0 Å². The number of fused-ring (bicyclic) bond motifs is 2. The Morgan fingerprint density at radius 2 is 1.88 bits per heavy atom. The summed E-state index contributed by atoms with van der Waals surface area (Å²) in [5, 5.41) is 11.6. The maximum Gasteiger partial charge on any atom is 0.357 e. The van der Waals surface area contributed by atoms with Crippen LogP contribution in [0.3, 0.4) is 0 Å². The minimum Gasteiger partial charge on any atom is -0.480 e. The first-order valence-corrected chi connectivity index (χ1v) is 15.9. The molecule has 16 nitrogen and oxygen atoms in total. The van der Waals surface area contributed by atoms with Gasteiger partial charge in [0.15, 0.2) is 23.5 Å².